The minimum absolute atomic E-state index is 0.172. The highest BCUT2D eigenvalue weighted by Crippen LogP contribution is 2.30. The molecule has 0 fully saturated rings. The van der Waals surface area contributed by atoms with Crippen molar-refractivity contribution in [1.82, 2.24) is 0 Å². The molecule has 2 aromatic carbocycles. The van der Waals surface area contributed by atoms with Crippen LogP contribution in [0.5, 0.6) is 0 Å². The quantitative estimate of drug-likeness (QED) is 0.869. The Labute approximate surface area is 133 Å². The fourth-order valence-electron chi connectivity index (χ4n) is 2.17. The molecule has 0 bridgehead atoms. The molecule has 0 saturated carbocycles. The van der Waals surface area contributed by atoms with Crippen LogP contribution in [0.2, 0.25) is 0 Å². The van der Waals surface area contributed by atoms with Crippen LogP contribution in [0.15, 0.2) is 45.8 Å². The van der Waals surface area contributed by atoms with Crippen molar-refractivity contribution in [2.45, 2.75) is 25.3 Å². The molecule has 21 heavy (non-hydrogen) atoms. The number of hydrogen-bond acceptors (Lipinski definition) is 3. The molecule has 0 saturated heterocycles. The highest BCUT2D eigenvalue weighted by atomic mass is 79.9. The van der Waals surface area contributed by atoms with E-state index < -0.39 is 10.0 Å². The molecule has 0 radical (unpaired) electrons. The van der Waals surface area contributed by atoms with Crippen LogP contribution in [0.1, 0.15) is 16.7 Å². The van der Waals surface area contributed by atoms with E-state index in [1.807, 2.05) is 26.0 Å². The molecular formula is C15H17BrN2O2S. The third-order valence-electron chi connectivity index (χ3n) is 3.15. The molecule has 112 valence electrons. The molecule has 0 aromatic heterocycles. The summed E-state index contributed by atoms with van der Waals surface area (Å²) in [6.45, 7) is 4.00. The molecule has 0 spiro atoms. The molecular weight excluding hydrogens is 352 g/mol. The van der Waals surface area contributed by atoms with Gasteiger partial charge in [-0.3, -0.25) is 4.72 Å². The fraction of sp³-hybridized carbons (Fsp3) is 0.200. The Morgan fingerprint density at radius 3 is 2.48 bits per heavy atom. The maximum atomic E-state index is 12.6. The molecule has 0 aliphatic rings. The third-order valence-corrected chi connectivity index (χ3v) is 5.23. The van der Waals surface area contributed by atoms with Gasteiger partial charge in [0.2, 0.25) is 0 Å². The van der Waals surface area contributed by atoms with E-state index in [1.165, 1.54) is 0 Å². The topological polar surface area (TPSA) is 72.2 Å². The Hall–Kier alpha value is -1.37. The monoisotopic (exact) mass is 368 g/mol. The minimum atomic E-state index is -3.67. The Morgan fingerprint density at radius 1 is 1.19 bits per heavy atom. The number of aryl methyl sites for hydroxylation is 2. The van der Waals surface area contributed by atoms with Crippen molar-refractivity contribution in [2.24, 2.45) is 5.73 Å². The van der Waals surface area contributed by atoms with E-state index in [2.05, 4.69) is 20.7 Å². The number of halogens is 1. The van der Waals surface area contributed by atoms with Crippen molar-refractivity contribution >= 4 is 31.6 Å². The van der Waals surface area contributed by atoms with Crippen LogP contribution in [-0.4, -0.2) is 8.42 Å². The van der Waals surface area contributed by atoms with Gasteiger partial charge >= 0.3 is 0 Å². The van der Waals surface area contributed by atoms with Crippen molar-refractivity contribution in [3.63, 3.8) is 0 Å². The predicted molar refractivity (Wildman–Crippen MR) is 88.8 cm³/mol. The summed E-state index contributed by atoms with van der Waals surface area (Å²) in [5, 5.41) is 0. The number of hydrogen-bond donors (Lipinski definition) is 2. The zero-order chi connectivity index (χ0) is 15.6. The molecule has 2 rings (SSSR count). The minimum Gasteiger partial charge on any atom is -0.326 e. The highest BCUT2D eigenvalue weighted by molar-refractivity contribution is 9.10. The summed E-state index contributed by atoms with van der Waals surface area (Å²) < 4.78 is 28.5. The zero-order valence-corrected chi connectivity index (χ0v) is 14.3. The molecule has 3 N–H and O–H groups in total. The molecule has 0 heterocycles. The lowest BCUT2D eigenvalue weighted by molar-refractivity contribution is 0.600. The molecule has 0 aliphatic carbocycles. The zero-order valence-electron chi connectivity index (χ0n) is 11.9. The van der Waals surface area contributed by atoms with Crippen molar-refractivity contribution < 1.29 is 8.42 Å². The summed E-state index contributed by atoms with van der Waals surface area (Å²) in [4.78, 5) is 0.208. The lowest BCUT2D eigenvalue weighted by Gasteiger charge is -2.15. The van der Waals surface area contributed by atoms with Crippen LogP contribution >= 0.6 is 15.9 Å². The Bertz CT molecular complexity index is 750. The fourth-order valence-corrected chi connectivity index (χ4v) is 4.48. The Balaban J connectivity index is 2.48. The SMILES string of the molecule is Cc1cc(C)c(NS(=O)(=O)c2ccccc2CN)c(Br)c1. The predicted octanol–water partition coefficient (Wildman–Crippen LogP) is 3.33. The van der Waals surface area contributed by atoms with Crippen LogP contribution in [-0.2, 0) is 16.6 Å². The first kappa shape index (κ1) is 16.0. The van der Waals surface area contributed by atoms with E-state index in [0.29, 0.717) is 15.7 Å². The normalized spacial score (nSPS) is 11.4. The summed E-state index contributed by atoms with van der Waals surface area (Å²) in [5.41, 5.74) is 8.67. The summed E-state index contributed by atoms with van der Waals surface area (Å²) in [6.07, 6.45) is 0. The van der Waals surface area contributed by atoms with Gasteiger partial charge in [0, 0.05) is 11.0 Å². The first-order chi connectivity index (χ1) is 9.85. The van der Waals surface area contributed by atoms with Crippen molar-refractivity contribution in [1.29, 1.82) is 0 Å². The van der Waals surface area contributed by atoms with E-state index in [0.717, 1.165) is 11.1 Å². The number of rotatable bonds is 4. The number of sulfonamides is 1. The van der Waals surface area contributed by atoms with Crippen LogP contribution in [0.25, 0.3) is 0 Å². The molecule has 2 aromatic rings. The molecule has 4 nitrogen and oxygen atoms in total. The highest BCUT2D eigenvalue weighted by Gasteiger charge is 2.19. The van der Waals surface area contributed by atoms with Crippen LogP contribution in [0, 0.1) is 13.8 Å². The average molecular weight is 369 g/mol. The third kappa shape index (κ3) is 3.45. The van der Waals surface area contributed by atoms with E-state index in [9.17, 15) is 8.42 Å². The van der Waals surface area contributed by atoms with E-state index in [1.54, 1.807) is 24.3 Å². The molecule has 0 unspecified atom stereocenters. The molecule has 0 atom stereocenters. The van der Waals surface area contributed by atoms with Gasteiger partial charge in [-0.05, 0) is 58.6 Å². The lowest BCUT2D eigenvalue weighted by Crippen LogP contribution is -2.17. The second-order valence-corrected chi connectivity index (χ2v) is 7.36. The number of benzene rings is 2. The first-order valence-corrected chi connectivity index (χ1v) is 8.70. The van der Waals surface area contributed by atoms with Crippen molar-refractivity contribution in [3.8, 4) is 0 Å². The van der Waals surface area contributed by atoms with Gasteiger partial charge in [0.05, 0.1) is 10.6 Å². The average Bonchev–Trinajstić information content (AvgIpc) is 2.43. The van der Waals surface area contributed by atoms with Gasteiger partial charge in [0.15, 0.2) is 0 Å². The van der Waals surface area contributed by atoms with Crippen LogP contribution in [0.4, 0.5) is 5.69 Å². The number of nitrogens with one attached hydrogen (secondary N) is 1. The van der Waals surface area contributed by atoms with E-state index >= 15 is 0 Å². The lowest BCUT2D eigenvalue weighted by atomic mass is 10.1. The van der Waals surface area contributed by atoms with Gasteiger partial charge in [-0.2, -0.15) is 0 Å². The second kappa shape index (κ2) is 6.17. The van der Waals surface area contributed by atoms with Gasteiger partial charge in [0.25, 0.3) is 10.0 Å². The molecule has 0 amide bonds. The van der Waals surface area contributed by atoms with Gasteiger partial charge < -0.3 is 5.73 Å². The Kier molecular flexibility index (Phi) is 4.70. The summed E-state index contributed by atoms with van der Waals surface area (Å²) in [5.74, 6) is 0. The molecule has 0 aliphatic heterocycles. The summed E-state index contributed by atoms with van der Waals surface area (Å²) >= 11 is 3.41. The van der Waals surface area contributed by atoms with Gasteiger partial charge in [-0.25, -0.2) is 8.42 Å². The standard InChI is InChI=1S/C15H17BrN2O2S/c1-10-7-11(2)15(13(16)8-10)18-21(19,20)14-6-4-3-5-12(14)9-17/h3-8,18H,9,17H2,1-2H3. The van der Waals surface area contributed by atoms with Gasteiger partial charge in [0.1, 0.15) is 0 Å². The Morgan fingerprint density at radius 2 is 1.86 bits per heavy atom. The maximum absolute atomic E-state index is 12.6. The van der Waals surface area contributed by atoms with E-state index in [-0.39, 0.29) is 11.4 Å². The van der Waals surface area contributed by atoms with Crippen molar-refractivity contribution in [2.75, 3.05) is 4.72 Å². The maximum Gasteiger partial charge on any atom is 0.262 e. The number of anilines is 1. The van der Waals surface area contributed by atoms with Crippen LogP contribution in [0.3, 0.4) is 0 Å². The molecule has 6 heteroatoms. The smallest absolute Gasteiger partial charge is 0.262 e. The van der Waals surface area contributed by atoms with Gasteiger partial charge in [-0.1, -0.05) is 24.3 Å². The summed E-state index contributed by atoms with van der Waals surface area (Å²) in [7, 11) is -3.67. The largest absolute Gasteiger partial charge is 0.326 e. The van der Waals surface area contributed by atoms with Crippen LogP contribution < -0.4 is 10.5 Å². The summed E-state index contributed by atoms with van der Waals surface area (Å²) in [6, 6.07) is 10.5. The first-order valence-electron chi connectivity index (χ1n) is 6.42. The van der Waals surface area contributed by atoms with Crippen molar-refractivity contribution in [3.05, 3.63) is 57.6 Å². The van der Waals surface area contributed by atoms with Gasteiger partial charge in [-0.15, -0.1) is 0 Å². The van der Waals surface area contributed by atoms with E-state index in [4.69, 9.17) is 5.73 Å². The second-order valence-electron chi connectivity index (χ2n) is 4.86. The number of nitrogens with two attached hydrogens (primary N) is 1.